The van der Waals surface area contributed by atoms with Crippen LogP contribution in [-0.2, 0) is 20.7 Å². The number of nitrogens with zero attached hydrogens (tertiary/aromatic N) is 1. The topological polar surface area (TPSA) is 73.6 Å². The number of ether oxygens (including phenoxy) is 2. The molecule has 0 aliphatic carbocycles. The molecule has 1 amide bonds. The van der Waals surface area contributed by atoms with Crippen LogP contribution in [0.2, 0.25) is 0 Å². The van der Waals surface area contributed by atoms with Gasteiger partial charge in [-0.15, -0.1) is 0 Å². The summed E-state index contributed by atoms with van der Waals surface area (Å²) >= 11 is 0. The fourth-order valence-corrected chi connectivity index (χ4v) is 2.06. The second-order valence-corrected chi connectivity index (χ2v) is 5.20. The molecular formula is C17H20F2N2O4. The first-order valence-electron chi connectivity index (χ1n) is 7.83. The lowest BCUT2D eigenvalue weighted by atomic mass is 10.2. The Balaban J connectivity index is 1.75. The van der Waals surface area contributed by atoms with E-state index in [1.807, 2.05) is 0 Å². The van der Waals surface area contributed by atoms with Crippen molar-refractivity contribution in [2.24, 2.45) is 0 Å². The maximum atomic E-state index is 13.7. The van der Waals surface area contributed by atoms with Gasteiger partial charge in [-0.1, -0.05) is 0 Å². The average Bonchev–Trinajstić information content (AvgIpc) is 3.05. The van der Waals surface area contributed by atoms with Crippen molar-refractivity contribution in [3.05, 3.63) is 41.9 Å². The van der Waals surface area contributed by atoms with E-state index in [2.05, 4.69) is 10.3 Å². The van der Waals surface area contributed by atoms with E-state index in [0.717, 1.165) is 12.1 Å². The number of carbonyl (C=O) groups excluding carboxylic acids is 1. The molecule has 8 heteroatoms. The summed E-state index contributed by atoms with van der Waals surface area (Å²) in [5.41, 5.74) is 0.123. The highest BCUT2D eigenvalue weighted by Crippen LogP contribution is 2.24. The maximum Gasteiger partial charge on any atom is 0.220 e. The number of hydrogen-bond donors (Lipinski definition) is 1. The number of carbonyl (C=O) groups is 1. The van der Waals surface area contributed by atoms with Crippen LogP contribution < -0.4 is 5.32 Å². The van der Waals surface area contributed by atoms with Crippen LogP contribution in [0, 0.1) is 11.6 Å². The first-order valence-corrected chi connectivity index (χ1v) is 7.83. The van der Waals surface area contributed by atoms with Crippen molar-refractivity contribution in [2.45, 2.75) is 12.8 Å². The standard InChI is InChI=1S/C17H20F2N2O4/c1-23-8-9-24-7-6-20-16(22)4-5-17-21-11-15(25-17)13-3-2-12(18)10-14(13)19/h2-3,10-11H,4-9H2,1H3,(H,20,22). The number of hydrogen-bond acceptors (Lipinski definition) is 5. The van der Waals surface area contributed by atoms with Crippen LogP contribution in [0.3, 0.4) is 0 Å². The first kappa shape index (κ1) is 19.0. The summed E-state index contributed by atoms with van der Waals surface area (Å²) in [6.07, 6.45) is 1.82. The fraction of sp³-hybridized carbons (Fsp3) is 0.412. The minimum Gasteiger partial charge on any atom is -0.441 e. The Bertz CT molecular complexity index is 691. The Morgan fingerprint density at radius 2 is 2.12 bits per heavy atom. The Hall–Kier alpha value is -2.32. The van der Waals surface area contributed by atoms with E-state index in [-0.39, 0.29) is 30.1 Å². The van der Waals surface area contributed by atoms with Crippen LogP contribution in [0.25, 0.3) is 11.3 Å². The number of aryl methyl sites for hydroxylation is 1. The van der Waals surface area contributed by atoms with E-state index in [1.165, 1.54) is 12.3 Å². The van der Waals surface area contributed by atoms with Gasteiger partial charge in [0.1, 0.15) is 11.6 Å². The molecular weight excluding hydrogens is 334 g/mol. The molecule has 1 N–H and O–H groups in total. The third kappa shape index (κ3) is 6.24. The van der Waals surface area contributed by atoms with Crippen molar-refractivity contribution in [2.75, 3.05) is 33.5 Å². The Morgan fingerprint density at radius 3 is 2.88 bits per heavy atom. The molecule has 6 nitrogen and oxygen atoms in total. The van der Waals surface area contributed by atoms with E-state index in [0.29, 0.717) is 32.3 Å². The van der Waals surface area contributed by atoms with E-state index < -0.39 is 11.6 Å². The molecule has 0 aliphatic rings. The Kier molecular flexibility index (Phi) is 7.49. The Morgan fingerprint density at radius 1 is 1.28 bits per heavy atom. The fourth-order valence-electron chi connectivity index (χ4n) is 2.06. The molecule has 0 atom stereocenters. The summed E-state index contributed by atoms with van der Waals surface area (Å²) in [5, 5.41) is 2.71. The predicted octanol–water partition coefficient (Wildman–Crippen LogP) is 2.33. The molecule has 0 radical (unpaired) electrons. The van der Waals surface area contributed by atoms with Crippen LogP contribution >= 0.6 is 0 Å². The molecule has 1 aromatic carbocycles. The smallest absolute Gasteiger partial charge is 0.220 e. The number of benzene rings is 1. The minimum absolute atomic E-state index is 0.123. The van der Waals surface area contributed by atoms with Gasteiger partial charge in [0.2, 0.25) is 5.91 Å². The SMILES string of the molecule is COCCOCCNC(=O)CCc1ncc(-c2ccc(F)cc2F)o1. The normalized spacial score (nSPS) is 10.8. The molecule has 0 unspecified atom stereocenters. The molecule has 0 saturated carbocycles. The summed E-state index contributed by atoms with van der Waals surface area (Å²) in [7, 11) is 1.59. The molecule has 25 heavy (non-hydrogen) atoms. The van der Waals surface area contributed by atoms with Crippen molar-refractivity contribution >= 4 is 5.91 Å². The van der Waals surface area contributed by atoms with Gasteiger partial charge in [-0.05, 0) is 12.1 Å². The van der Waals surface area contributed by atoms with Gasteiger partial charge in [-0.25, -0.2) is 13.8 Å². The monoisotopic (exact) mass is 354 g/mol. The van der Waals surface area contributed by atoms with E-state index in [9.17, 15) is 13.6 Å². The van der Waals surface area contributed by atoms with Crippen molar-refractivity contribution in [1.82, 2.24) is 10.3 Å². The van der Waals surface area contributed by atoms with Gasteiger partial charge in [0.05, 0.1) is 31.6 Å². The van der Waals surface area contributed by atoms with Gasteiger partial charge in [0.15, 0.2) is 11.7 Å². The second kappa shape index (κ2) is 9.85. The number of nitrogens with one attached hydrogen (secondary N) is 1. The molecule has 1 heterocycles. The quantitative estimate of drug-likeness (QED) is 0.663. The van der Waals surface area contributed by atoms with Crippen molar-refractivity contribution < 1.29 is 27.5 Å². The highest BCUT2D eigenvalue weighted by atomic mass is 19.1. The highest BCUT2D eigenvalue weighted by Gasteiger charge is 2.12. The molecule has 0 saturated heterocycles. The number of aromatic nitrogens is 1. The average molecular weight is 354 g/mol. The number of rotatable bonds is 10. The maximum absolute atomic E-state index is 13.7. The predicted molar refractivity (Wildman–Crippen MR) is 85.9 cm³/mol. The van der Waals surface area contributed by atoms with Crippen LogP contribution in [0.15, 0.2) is 28.8 Å². The third-order valence-corrected chi connectivity index (χ3v) is 3.32. The Labute approximate surface area is 144 Å². The number of amides is 1. The zero-order valence-corrected chi connectivity index (χ0v) is 13.9. The molecule has 2 aromatic rings. The number of halogens is 2. The number of methoxy groups -OCH3 is 1. The van der Waals surface area contributed by atoms with Crippen LogP contribution in [0.1, 0.15) is 12.3 Å². The van der Waals surface area contributed by atoms with E-state index in [1.54, 1.807) is 7.11 Å². The number of oxazole rings is 1. The van der Waals surface area contributed by atoms with E-state index >= 15 is 0 Å². The molecule has 2 rings (SSSR count). The summed E-state index contributed by atoms with van der Waals surface area (Å²) in [5.74, 6) is -1.05. The minimum atomic E-state index is -0.728. The lowest BCUT2D eigenvalue weighted by Crippen LogP contribution is -2.27. The first-order chi connectivity index (χ1) is 12.1. The molecule has 0 fully saturated rings. The lowest BCUT2D eigenvalue weighted by molar-refractivity contribution is -0.121. The zero-order valence-electron chi connectivity index (χ0n) is 13.9. The lowest BCUT2D eigenvalue weighted by Gasteiger charge is -2.05. The van der Waals surface area contributed by atoms with Crippen LogP contribution in [-0.4, -0.2) is 44.4 Å². The molecule has 136 valence electrons. The molecule has 0 aliphatic heterocycles. The van der Waals surface area contributed by atoms with Crippen LogP contribution in [0.4, 0.5) is 8.78 Å². The molecule has 1 aromatic heterocycles. The molecule has 0 spiro atoms. The highest BCUT2D eigenvalue weighted by molar-refractivity contribution is 5.76. The third-order valence-electron chi connectivity index (χ3n) is 3.32. The summed E-state index contributed by atoms with van der Waals surface area (Å²) in [6, 6.07) is 3.20. The second-order valence-electron chi connectivity index (χ2n) is 5.20. The van der Waals surface area contributed by atoms with Gasteiger partial charge < -0.3 is 19.2 Å². The van der Waals surface area contributed by atoms with Gasteiger partial charge in [-0.3, -0.25) is 4.79 Å². The largest absolute Gasteiger partial charge is 0.441 e. The van der Waals surface area contributed by atoms with Gasteiger partial charge >= 0.3 is 0 Å². The van der Waals surface area contributed by atoms with E-state index in [4.69, 9.17) is 13.9 Å². The summed E-state index contributed by atoms with van der Waals surface area (Å²) in [4.78, 5) is 15.7. The van der Waals surface area contributed by atoms with Crippen molar-refractivity contribution in [1.29, 1.82) is 0 Å². The summed E-state index contributed by atoms with van der Waals surface area (Å²) in [6.45, 7) is 1.79. The zero-order chi connectivity index (χ0) is 18.1. The van der Waals surface area contributed by atoms with Crippen molar-refractivity contribution in [3.8, 4) is 11.3 Å². The molecule has 0 bridgehead atoms. The van der Waals surface area contributed by atoms with Gasteiger partial charge in [-0.2, -0.15) is 0 Å². The van der Waals surface area contributed by atoms with Gasteiger partial charge in [0.25, 0.3) is 0 Å². The summed E-state index contributed by atoms with van der Waals surface area (Å²) < 4.78 is 42.1. The van der Waals surface area contributed by atoms with Crippen molar-refractivity contribution in [3.63, 3.8) is 0 Å². The van der Waals surface area contributed by atoms with Gasteiger partial charge in [0, 0.05) is 32.6 Å². The van der Waals surface area contributed by atoms with Crippen LogP contribution in [0.5, 0.6) is 0 Å².